The summed E-state index contributed by atoms with van der Waals surface area (Å²) in [4.78, 5) is 2.47. The first-order chi connectivity index (χ1) is 10.2. The minimum absolute atomic E-state index is 0. The van der Waals surface area contributed by atoms with Crippen LogP contribution in [0.25, 0.3) is 0 Å². The van der Waals surface area contributed by atoms with E-state index in [4.69, 9.17) is 16.3 Å². The summed E-state index contributed by atoms with van der Waals surface area (Å²) < 4.78 is 5.51. The van der Waals surface area contributed by atoms with E-state index >= 15 is 0 Å². The molecule has 0 unspecified atom stereocenters. The first-order valence-corrected chi connectivity index (χ1v) is 8.10. The first-order valence-electron chi connectivity index (χ1n) is 7.72. The van der Waals surface area contributed by atoms with Crippen molar-refractivity contribution in [1.29, 1.82) is 0 Å². The van der Waals surface area contributed by atoms with Gasteiger partial charge in [-0.2, -0.15) is 0 Å². The van der Waals surface area contributed by atoms with Gasteiger partial charge in [0.1, 0.15) is 11.5 Å². The molecule has 0 bridgehead atoms. The molecule has 4 nitrogen and oxygen atoms in total. The third kappa shape index (κ3) is 4.18. The lowest BCUT2D eigenvalue weighted by Crippen LogP contribution is -2.48. The lowest BCUT2D eigenvalue weighted by molar-refractivity contribution is 0.0800. The van der Waals surface area contributed by atoms with E-state index in [0.29, 0.717) is 10.9 Å². The van der Waals surface area contributed by atoms with E-state index < -0.39 is 0 Å². The maximum absolute atomic E-state index is 10.5. The van der Waals surface area contributed by atoms with Gasteiger partial charge >= 0.3 is 0 Å². The van der Waals surface area contributed by atoms with Crippen molar-refractivity contribution >= 4 is 36.4 Å². The number of halogens is 3. The van der Waals surface area contributed by atoms with Crippen molar-refractivity contribution < 1.29 is 9.84 Å². The highest BCUT2D eigenvalue weighted by atomic mass is 35.5. The molecule has 2 N–H and O–H groups in total. The summed E-state index contributed by atoms with van der Waals surface area (Å²) in [5, 5.41) is 14.3. The summed E-state index contributed by atoms with van der Waals surface area (Å²) in [5.41, 5.74) is 0.872. The Balaban J connectivity index is 0.00000132. The van der Waals surface area contributed by atoms with Crippen LogP contribution in [-0.4, -0.2) is 43.3 Å². The molecule has 0 amide bonds. The molecule has 2 fully saturated rings. The molecule has 7 heteroatoms. The summed E-state index contributed by atoms with van der Waals surface area (Å²) in [6, 6.07) is 3.77. The molecule has 3 rings (SSSR count). The van der Waals surface area contributed by atoms with Crippen molar-refractivity contribution in [3.63, 3.8) is 0 Å². The molecule has 0 spiro atoms. The van der Waals surface area contributed by atoms with Crippen LogP contribution in [0.1, 0.15) is 30.9 Å². The smallest absolute Gasteiger partial charge is 0.142 e. The number of hydrogen-bond acceptors (Lipinski definition) is 4. The van der Waals surface area contributed by atoms with Crippen molar-refractivity contribution in [3.05, 3.63) is 22.7 Å². The van der Waals surface area contributed by atoms with Crippen LogP contribution < -0.4 is 10.1 Å². The lowest BCUT2D eigenvalue weighted by Gasteiger charge is -2.43. The number of piperazine rings is 1. The minimum Gasteiger partial charge on any atom is -0.506 e. The predicted molar refractivity (Wildman–Crippen MR) is 98.7 cm³/mol. The number of methoxy groups -OCH3 is 1. The topological polar surface area (TPSA) is 44.7 Å². The highest BCUT2D eigenvalue weighted by molar-refractivity contribution is 6.32. The van der Waals surface area contributed by atoms with Crippen molar-refractivity contribution in [2.75, 3.05) is 33.3 Å². The van der Waals surface area contributed by atoms with Crippen LogP contribution in [0.2, 0.25) is 5.02 Å². The maximum atomic E-state index is 10.5. The zero-order chi connectivity index (χ0) is 14.8. The van der Waals surface area contributed by atoms with Gasteiger partial charge in [0.2, 0.25) is 0 Å². The number of benzene rings is 1. The Bertz CT molecular complexity index is 506. The van der Waals surface area contributed by atoms with Gasteiger partial charge in [-0.1, -0.05) is 18.0 Å². The standard InChI is InChI=1S/C16H23ClN2O2.2ClH/c1-21-13-6-5-12(17)16(20)14(13)15(11-3-2-4-11)19-9-7-18-8-10-19;;/h5-6,11,15,18,20H,2-4,7-10H2,1H3;2*1H/t15-;;/m0../s1. The molecule has 1 heterocycles. The van der Waals surface area contributed by atoms with E-state index in [1.165, 1.54) is 19.3 Å². The number of nitrogens with one attached hydrogen (secondary N) is 1. The number of nitrogens with zero attached hydrogens (tertiary/aromatic N) is 1. The molecule has 0 aromatic heterocycles. The zero-order valence-corrected chi connectivity index (χ0v) is 15.6. The highest BCUT2D eigenvalue weighted by Crippen LogP contribution is 2.49. The molecule has 1 aliphatic heterocycles. The van der Waals surface area contributed by atoms with Crippen LogP contribution in [0, 0.1) is 5.92 Å². The van der Waals surface area contributed by atoms with Gasteiger partial charge in [-0.3, -0.25) is 4.90 Å². The van der Waals surface area contributed by atoms with E-state index in [9.17, 15) is 5.11 Å². The van der Waals surface area contributed by atoms with Gasteiger partial charge in [0.05, 0.1) is 17.7 Å². The number of phenolic OH excluding ortho intramolecular Hbond substituents is 1. The SMILES string of the molecule is COc1ccc(Cl)c(O)c1[C@H](C1CCC1)N1CCNCC1.Cl.Cl. The summed E-state index contributed by atoms with van der Waals surface area (Å²) >= 11 is 6.16. The van der Waals surface area contributed by atoms with E-state index in [0.717, 1.165) is 37.5 Å². The average molecular weight is 384 g/mol. The van der Waals surface area contributed by atoms with Gasteiger partial charge in [-0.05, 0) is 30.9 Å². The number of aromatic hydroxyl groups is 1. The molecule has 0 radical (unpaired) electrons. The monoisotopic (exact) mass is 382 g/mol. The van der Waals surface area contributed by atoms with Crippen LogP contribution in [0.5, 0.6) is 11.5 Å². The quantitative estimate of drug-likeness (QED) is 0.833. The van der Waals surface area contributed by atoms with Gasteiger partial charge in [-0.25, -0.2) is 0 Å². The fraction of sp³-hybridized carbons (Fsp3) is 0.625. The third-order valence-corrected chi connectivity index (χ3v) is 5.09. The Morgan fingerprint density at radius 1 is 1.26 bits per heavy atom. The van der Waals surface area contributed by atoms with Gasteiger partial charge in [0.15, 0.2) is 0 Å². The average Bonchev–Trinajstić information content (AvgIpc) is 2.47. The Hall–Kier alpha value is -0.390. The molecule has 23 heavy (non-hydrogen) atoms. The van der Waals surface area contributed by atoms with Crippen LogP contribution in [-0.2, 0) is 0 Å². The van der Waals surface area contributed by atoms with Crippen molar-refractivity contribution in [2.45, 2.75) is 25.3 Å². The van der Waals surface area contributed by atoms with Crippen LogP contribution >= 0.6 is 36.4 Å². The minimum atomic E-state index is 0. The largest absolute Gasteiger partial charge is 0.506 e. The normalized spacial score (nSPS) is 19.9. The van der Waals surface area contributed by atoms with E-state index in [-0.39, 0.29) is 36.6 Å². The number of phenols is 1. The molecule has 132 valence electrons. The summed E-state index contributed by atoms with van der Waals surface area (Å²) in [5.74, 6) is 1.51. The van der Waals surface area contributed by atoms with Gasteiger partial charge in [0.25, 0.3) is 0 Å². The molecule has 1 aromatic carbocycles. The maximum Gasteiger partial charge on any atom is 0.142 e. The second-order valence-electron chi connectivity index (χ2n) is 5.93. The number of hydrogen-bond donors (Lipinski definition) is 2. The molecule has 1 saturated heterocycles. The van der Waals surface area contributed by atoms with Crippen LogP contribution in [0.15, 0.2) is 12.1 Å². The van der Waals surface area contributed by atoms with Crippen molar-refractivity contribution in [2.24, 2.45) is 5.92 Å². The molecule has 1 saturated carbocycles. The van der Waals surface area contributed by atoms with Gasteiger partial charge in [0, 0.05) is 32.2 Å². The lowest BCUT2D eigenvalue weighted by atomic mass is 9.75. The van der Waals surface area contributed by atoms with Crippen molar-refractivity contribution in [1.82, 2.24) is 10.2 Å². The molecule has 1 aromatic rings. The molecular formula is C16H25Cl3N2O2. The Morgan fingerprint density at radius 2 is 1.91 bits per heavy atom. The van der Waals surface area contributed by atoms with Crippen LogP contribution in [0.4, 0.5) is 0 Å². The summed E-state index contributed by atoms with van der Waals surface area (Å²) in [7, 11) is 1.65. The molecular weight excluding hydrogens is 359 g/mol. The van der Waals surface area contributed by atoms with E-state index in [2.05, 4.69) is 10.2 Å². The molecule has 1 atom stereocenters. The fourth-order valence-corrected chi connectivity index (χ4v) is 3.62. The Labute approximate surface area is 155 Å². The Morgan fingerprint density at radius 3 is 2.43 bits per heavy atom. The fourth-order valence-electron chi connectivity index (χ4n) is 3.46. The zero-order valence-electron chi connectivity index (χ0n) is 13.3. The summed E-state index contributed by atoms with van der Waals surface area (Å²) in [6.45, 7) is 3.98. The van der Waals surface area contributed by atoms with Crippen molar-refractivity contribution in [3.8, 4) is 11.5 Å². The Kier molecular flexibility index (Phi) is 8.25. The van der Waals surface area contributed by atoms with E-state index in [1.54, 1.807) is 13.2 Å². The van der Waals surface area contributed by atoms with Gasteiger partial charge in [-0.15, -0.1) is 24.8 Å². The molecule has 2 aliphatic rings. The predicted octanol–water partition coefficient (Wildman–Crippen LogP) is 3.64. The van der Waals surface area contributed by atoms with Crippen LogP contribution in [0.3, 0.4) is 0 Å². The molecule has 1 aliphatic carbocycles. The second kappa shape index (κ2) is 9.19. The third-order valence-electron chi connectivity index (χ3n) is 4.78. The van der Waals surface area contributed by atoms with Gasteiger partial charge < -0.3 is 15.2 Å². The number of rotatable bonds is 4. The summed E-state index contributed by atoms with van der Waals surface area (Å²) in [6.07, 6.45) is 3.70. The van der Waals surface area contributed by atoms with E-state index in [1.807, 2.05) is 6.07 Å². The number of ether oxygens (including phenoxy) is 1. The highest BCUT2D eigenvalue weighted by Gasteiger charge is 2.37. The first kappa shape index (κ1) is 20.7. The second-order valence-corrected chi connectivity index (χ2v) is 6.34.